The zero-order chi connectivity index (χ0) is 13.8. The van der Waals surface area contributed by atoms with E-state index in [1.54, 1.807) is 12.5 Å². The van der Waals surface area contributed by atoms with Gasteiger partial charge in [-0.25, -0.2) is 4.98 Å². The van der Waals surface area contributed by atoms with Crippen LogP contribution in [0.1, 0.15) is 41.8 Å². The number of aliphatic hydroxyl groups is 1. The van der Waals surface area contributed by atoms with Crippen LogP contribution in [0.2, 0.25) is 0 Å². The van der Waals surface area contributed by atoms with Gasteiger partial charge in [0.05, 0.1) is 24.3 Å². The van der Waals surface area contributed by atoms with Gasteiger partial charge in [0.15, 0.2) is 0 Å². The van der Waals surface area contributed by atoms with Gasteiger partial charge in [0, 0.05) is 6.54 Å². The number of aryl methyl sites for hydroxylation is 3. The summed E-state index contributed by atoms with van der Waals surface area (Å²) in [6, 6.07) is 6.34. The van der Waals surface area contributed by atoms with Crippen LogP contribution in [0.5, 0.6) is 0 Å². The summed E-state index contributed by atoms with van der Waals surface area (Å²) in [5.74, 6) is 0. The monoisotopic (exact) mass is 258 g/mol. The van der Waals surface area contributed by atoms with Crippen LogP contribution in [-0.2, 0) is 13.0 Å². The Labute approximate surface area is 114 Å². The van der Waals surface area contributed by atoms with Gasteiger partial charge in [-0.2, -0.15) is 0 Å². The molecule has 0 amide bonds. The van der Waals surface area contributed by atoms with Gasteiger partial charge in [-0.05, 0) is 50.3 Å². The highest BCUT2D eigenvalue weighted by atomic mass is 16.3. The standard InChI is InChI=1S/C16H22N2O/c1-4-18-11-17-10-15(18)16(19)9-8-14-12(2)6-5-7-13(14)3/h5-7,10-11,16,19H,4,8-9H2,1-3H3. The van der Waals surface area contributed by atoms with Crippen LogP contribution in [-0.4, -0.2) is 14.7 Å². The fourth-order valence-corrected chi connectivity index (χ4v) is 2.54. The molecule has 0 aliphatic heterocycles. The number of hydrogen-bond donors (Lipinski definition) is 1. The van der Waals surface area contributed by atoms with Gasteiger partial charge < -0.3 is 9.67 Å². The number of aromatic nitrogens is 2. The Hall–Kier alpha value is -1.61. The minimum atomic E-state index is -0.443. The minimum absolute atomic E-state index is 0.443. The molecule has 0 radical (unpaired) electrons. The minimum Gasteiger partial charge on any atom is -0.387 e. The summed E-state index contributed by atoms with van der Waals surface area (Å²) in [7, 11) is 0. The molecule has 3 nitrogen and oxygen atoms in total. The highest BCUT2D eigenvalue weighted by molar-refractivity contribution is 5.33. The van der Waals surface area contributed by atoms with Gasteiger partial charge in [-0.3, -0.25) is 0 Å². The topological polar surface area (TPSA) is 38.0 Å². The molecule has 0 aliphatic rings. The molecule has 1 heterocycles. The molecule has 0 spiro atoms. The Morgan fingerprint density at radius 3 is 2.58 bits per heavy atom. The second-order valence-corrected chi connectivity index (χ2v) is 5.03. The maximum absolute atomic E-state index is 10.3. The van der Waals surface area contributed by atoms with E-state index in [1.807, 2.05) is 4.57 Å². The molecule has 0 fully saturated rings. The molecule has 1 unspecified atom stereocenters. The molecule has 0 bridgehead atoms. The van der Waals surface area contributed by atoms with Crippen molar-refractivity contribution in [3.05, 3.63) is 53.1 Å². The van der Waals surface area contributed by atoms with Crippen LogP contribution in [0.4, 0.5) is 0 Å². The molecule has 1 aromatic heterocycles. The lowest BCUT2D eigenvalue weighted by atomic mass is 9.96. The zero-order valence-electron chi connectivity index (χ0n) is 11.9. The van der Waals surface area contributed by atoms with E-state index in [0.29, 0.717) is 0 Å². The van der Waals surface area contributed by atoms with E-state index < -0.39 is 6.10 Å². The van der Waals surface area contributed by atoms with Crippen molar-refractivity contribution in [3.63, 3.8) is 0 Å². The van der Waals surface area contributed by atoms with Crippen molar-refractivity contribution in [2.75, 3.05) is 0 Å². The Morgan fingerprint density at radius 1 is 1.26 bits per heavy atom. The van der Waals surface area contributed by atoms with E-state index >= 15 is 0 Å². The third kappa shape index (κ3) is 3.04. The fraction of sp³-hybridized carbons (Fsp3) is 0.438. The van der Waals surface area contributed by atoms with E-state index in [4.69, 9.17) is 0 Å². The molecule has 0 saturated carbocycles. The Bertz CT molecular complexity index is 525. The molecule has 0 saturated heterocycles. The van der Waals surface area contributed by atoms with Gasteiger partial charge in [0.25, 0.3) is 0 Å². The number of benzene rings is 1. The largest absolute Gasteiger partial charge is 0.387 e. The summed E-state index contributed by atoms with van der Waals surface area (Å²) < 4.78 is 2.00. The van der Waals surface area contributed by atoms with Gasteiger partial charge in [0.2, 0.25) is 0 Å². The fourth-order valence-electron chi connectivity index (χ4n) is 2.54. The molecule has 0 aliphatic carbocycles. The quantitative estimate of drug-likeness (QED) is 0.894. The number of rotatable bonds is 5. The van der Waals surface area contributed by atoms with Crippen LogP contribution in [0.15, 0.2) is 30.7 Å². The van der Waals surface area contributed by atoms with Crippen LogP contribution in [0, 0.1) is 13.8 Å². The van der Waals surface area contributed by atoms with E-state index in [9.17, 15) is 5.11 Å². The Morgan fingerprint density at radius 2 is 1.95 bits per heavy atom. The molecule has 2 aromatic rings. The number of hydrogen-bond acceptors (Lipinski definition) is 2. The summed E-state index contributed by atoms with van der Waals surface area (Å²) in [5.41, 5.74) is 4.87. The Balaban J connectivity index is 2.07. The molecule has 1 N–H and O–H groups in total. The maximum Gasteiger partial charge on any atom is 0.0959 e. The van der Waals surface area contributed by atoms with E-state index in [-0.39, 0.29) is 0 Å². The smallest absolute Gasteiger partial charge is 0.0959 e. The van der Waals surface area contributed by atoms with Crippen molar-refractivity contribution in [1.82, 2.24) is 9.55 Å². The van der Waals surface area contributed by atoms with Gasteiger partial charge >= 0.3 is 0 Å². The average Bonchev–Trinajstić information content (AvgIpc) is 2.86. The summed E-state index contributed by atoms with van der Waals surface area (Å²) in [6.07, 6.45) is 4.73. The average molecular weight is 258 g/mol. The lowest BCUT2D eigenvalue weighted by Crippen LogP contribution is -2.07. The highest BCUT2D eigenvalue weighted by Crippen LogP contribution is 2.22. The normalized spacial score (nSPS) is 12.6. The first-order valence-corrected chi connectivity index (χ1v) is 6.86. The van der Waals surface area contributed by atoms with Crippen LogP contribution in [0.25, 0.3) is 0 Å². The lowest BCUT2D eigenvalue weighted by Gasteiger charge is -2.15. The van der Waals surface area contributed by atoms with Crippen molar-refractivity contribution in [2.45, 2.75) is 46.3 Å². The second kappa shape index (κ2) is 6.02. The van der Waals surface area contributed by atoms with Crippen molar-refractivity contribution < 1.29 is 5.11 Å². The maximum atomic E-state index is 10.3. The van der Waals surface area contributed by atoms with E-state index in [0.717, 1.165) is 25.1 Å². The molecule has 1 aromatic carbocycles. The first-order valence-electron chi connectivity index (χ1n) is 6.86. The predicted octanol–water partition coefficient (Wildman–Crippen LogP) is 3.19. The SMILES string of the molecule is CCn1cncc1C(O)CCc1c(C)cccc1C. The van der Waals surface area contributed by atoms with Crippen LogP contribution >= 0.6 is 0 Å². The van der Waals surface area contributed by atoms with Crippen molar-refractivity contribution in [3.8, 4) is 0 Å². The zero-order valence-corrected chi connectivity index (χ0v) is 11.9. The number of imidazole rings is 1. The van der Waals surface area contributed by atoms with Crippen molar-refractivity contribution in [2.24, 2.45) is 0 Å². The number of nitrogens with zero attached hydrogens (tertiary/aromatic N) is 2. The molecule has 2 rings (SSSR count). The summed E-state index contributed by atoms with van der Waals surface area (Å²) in [5, 5.41) is 10.3. The van der Waals surface area contributed by atoms with Gasteiger partial charge in [-0.1, -0.05) is 18.2 Å². The first kappa shape index (κ1) is 13.8. The molecular weight excluding hydrogens is 236 g/mol. The second-order valence-electron chi connectivity index (χ2n) is 5.03. The summed E-state index contributed by atoms with van der Waals surface area (Å²) in [4.78, 5) is 4.11. The van der Waals surface area contributed by atoms with Crippen molar-refractivity contribution >= 4 is 0 Å². The van der Waals surface area contributed by atoms with Gasteiger partial charge in [-0.15, -0.1) is 0 Å². The Kier molecular flexibility index (Phi) is 4.38. The third-order valence-electron chi connectivity index (χ3n) is 3.74. The summed E-state index contributed by atoms with van der Waals surface area (Å²) >= 11 is 0. The van der Waals surface area contributed by atoms with E-state index in [1.165, 1.54) is 16.7 Å². The van der Waals surface area contributed by atoms with Crippen molar-refractivity contribution in [1.29, 1.82) is 0 Å². The molecule has 1 atom stereocenters. The molecular formula is C16H22N2O. The first-order chi connectivity index (χ1) is 9.13. The van der Waals surface area contributed by atoms with Crippen LogP contribution < -0.4 is 0 Å². The molecule has 102 valence electrons. The van der Waals surface area contributed by atoms with E-state index in [2.05, 4.69) is 44.0 Å². The molecule has 19 heavy (non-hydrogen) atoms. The lowest BCUT2D eigenvalue weighted by molar-refractivity contribution is 0.158. The number of aliphatic hydroxyl groups excluding tert-OH is 1. The highest BCUT2D eigenvalue weighted by Gasteiger charge is 2.13. The van der Waals surface area contributed by atoms with Gasteiger partial charge in [0.1, 0.15) is 0 Å². The third-order valence-corrected chi connectivity index (χ3v) is 3.74. The van der Waals surface area contributed by atoms with Crippen LogP contribution in [0.3, 0.4) is 0 Å². The molecule has 3 heteroatoms. The summed E-state index contributed by atoms with van der Waals surface area (Å²) in [6.45, 7) is 7.16. The predicted molar refractivity (Wildman–Crippen MR) is 77.1 cm³/mol.